The Morgan fingerprint density at radius 1 is 1.35 bits per heavy atom. The van der Waals surface area contributed by atoms with Crippen LogP contribution in [-0.4, -0.2) is 21.6 Å². The van der Waals surface area contributed by atoms with Gasteiger partial charge in [-0.05, 0) is 30.2 Å². The van der Waals surface area contributed by atoms with Crippen LogP contribution in [-0.2, 0) is 13.5 Å². The van der Waals surface area contributed by atoms with Crippen LogP contribution in [0.25, 0.3) is 11.0 Å². The highest BCUT2D eigenvalue weighted by molar-refractivity contribution is 5.88. The van der Waals surface area contributed by atoms with E-state index in [1.165, 1.54) is 0 Å². The van der Waals surface area contributed by atoms with Crippen molar-refractivity contribution in [2.24, 2.45) is 7.05 Å². The van der Waals surface area contributed by atoms with E-state index in [9.17, 15) is 0 Å². The molecule has 116 valence electrons. The van der Waals surface area contributed by atoms with E-state index in [0.717, 1.165) is 29.0 Å². The molecule has 0 unspecified atom stereocenters. The number of fused-ring (bicyclic) bond motifs is 1. The normalized spacial score (nSPS) is 10.7. The minimum atomic E-state index is 0.414. The third kappa shape index (κ3) is 2.46. The van der Waals surface area contributed by atoms with E-state index < -0.39 is 0 Å². The van der Waals surface area contributed by atoms with Crippen LogP contribution < -0.4 is 10.6 Å². The number of aromatic nitrogens is 3. The van der Waals surface area contributed by atoms with Crippen LogP contribution in [0, 0.1) is 11.3 Å². The minimum absolute atomic E-state index is 0.414. The second-order valence-electron chi connectivity index (χ2n) is 5.46. The second kappa shape index (κ2) is 5.61. The summed E-state index contributed by atoms with van der Waals surface area (Å²) in [6.45, 7) is 2.07. The van der Waals surface area contributed by atoms with Gasteiger partial charge in [0.05, 0.1) is 23.5 Å². The molecule has 0 amide bonds. The Kier molecular flexibility index (Phi) is 3.62. The summed E-state index contributed by atoms with van der Waals surface area (Å²) in [5.74, 6) is 1.16. The Labute approximate surface area is 134 Å². The van der Waals surface area contributed by atoms with Gasteiger partial charge >= 0.3 is 0 Å². The van der Waals surface area contributed by atoms with E-state index in [-0.39, 0.29) is 0 Å². The molecule has 6 heteroatoms. The summed E-state index contributed by atoms with van der Waals surface area (Å²) in [4.78, 5) is 10.7. The largest absolute Gasteiger partial charge is 0.382 e. The van der Waals surface area contributed by atoms with Crippen molar-refractivity contribution in [1.82, 2.24) is 14.5 Å². The van der Waals surface area contributed by atoms with Crippen molar-refractivity contribution in [3.8, 4) is 6.07 Å². The van der Waals surface area contributed by atoms with Crippen molar-refractivity contribution in [3.63, 3.8) is 0 Å². The van der Waals surface area contributed by atoms with Crippen molar-refractivity contribution >= 4 is 28.4 Å². The number of nitrogen functional groups attached to an aromatic ring is 1. The second-order valence-corrected chi connectivity index (χ2v) is 5.46. The first-order valence-electron chi connectivity index (χ1n) is 7.39. The first-order chi connectivity index (χ1) is 11.0. The van der Waals surface area contributed by atoms with Gasteiger partial charge < -0.3 is 15.2 Å². The number of nitrogens with two attached hydrogens (primary N) is 1. The number of rotatable bonds is 3. The molecule has 23 heavy (non-hydrogen) atoms. The lowest BCUT2D eigenvalue weighted by Gasteiger charge is -2.22. The summed E-state index contributed by atoms with van der Waals surface area (Å²) < 4.78 is 1.92. The number of pyridine rings is 1. The molecule has 6 nitrogen and oxygen atoms in total. The van der Waals surface area contributed by atoms with E-state index in [4.69, 9.17) is 11.0 Å². The van der Waals surface area contributed by atoms with Gasteiger partial charge in [0.2, 0.25) is 0 Å². The number of aryl methyl sites for hydroxylation is 2. The van der Waals surface area contributed by atoms with Crippen molar-refractivity contribution in [1.29, 1.82) is 5.26 Å². The SMILES string of the molecule is CCc1cc(C#N)ccc1N(C)c1cc2c(ncn2C)c(N)n1. The molecule has 0 aliphatic rings. The van der Waals surface area contributed by atoms with Crippen LogP contribution in [0.1, 0.15) is 18.1 Å². The molecule has 3 aromatic rings. The van der Waals surface area contributed by atoms with Gasteiger partial charge in [0.25, 0.3) is 0 Å². The summed E-state index contributed by atoms with van der Waals surface area (Å²) in [6, 6.07) is 9.83. The van der Waals surface area contributed by atoms with E-state index in [1.54, 1.807) is 6.33 Å². The zero-order chi connectivity index (χ0) is 16.6. The van der Waals surface area contributed by atoms with Crippen molar-refractivity contribution in [2.45, 2.75) is 13.3 Å². The third-order valence-corrected chi connectivity index (χ3v) is 4.02. The molecular formula is C17H18N6. The van der Waals surface area contributed by atoms with Crippen LogP contribution in [0.3, 0.4) is 0 Å². The molecule has 0 aliphatic heterocycles. The van der Waals surface area contributed by atoms with Crippen LogP contribution in [0.4, 0.5) is 17.3 Å². The molecule has 0 radical (unpaired) electrons. The number of benzene rings is 1. The first-order valence-corrected chi connectivity index (χ1v) is 7.39. The Morgan fingerprint density at radius 2 is 2.13 bits per heavy atom. The Bertz CT molecular complexity index is 919. The Morgan fingerprint density at radius 3 is 2.83 bits per heavy atom. The summed E-state index contributed by atoms with van der Waals surface area (Å²) in [6.07, 6.45) is 2.56. The predicted octanol–water partition coefficient (Wildman–Crippen LogP) is 2.75. The molecule has 0 saturated heterocycles. The number of nitriles is 1. The maximum atomic E-state index is 9.06. The molecule has 3 rings (SSSR count). The molecule has 0 fully saturated rings. The molecule has 2 N–H and O–H groups in total. The molecule has 0 atom stereocenters. The zero-order valence-electron chi connectivity index (χ0n) is 13.4. The van der Waals surface area contributed by atoms with E-state index in [0.29, 0.717) is 16.9 Å². The van der Waals surface area contributed by atoms with Crippen LogP contribution in [0.2, 0.25) is 0 Å². The van der Waals surface area contributed by atoms with Crippen LogP contribution in [0.5, 0.6) is 0 Å². The number of nitrogens with zero attached hydrogens (tertiary/aromatic N) is 5. The first kappa shape index (κ1) is 14.9. The lowest BCUT2D eigenvalue weighted by atomic mass is 10.1. The average Bonchev–Trinajstić information content (AvgIpc) is 2.95. The van der Waals surface area contributed by atoms with E-state index >= 15 is 0 Å². The molecule has 0 saturated carbocycles. The van der Waals surface area contributed by atoms with Gasteiger partial charge in [-0.25, -0.2) is 9.97 Å². The summed E-state index contributed by atoms with van der Waals surface area (Å²) in [5, 5.41) is 9.06. The lowest BCUT2D eigenvalue weighted by molar-refractivity contribution is 0.946. The fourth-order valence-corrected chi connectivity index (χ4v) is 2.70. The van der Waals surface area contributed by atoms with Gasteiger partial charge in [-0.15, -0.1) is 0 Å². The molecule has 1 aromatic carbocycles. The number of hydrogen-bond acceptors (Lipinski definition) is 5. The summed E-state index contributed by atoms with van der Waals surface area (Å²) >= 11 is 0. The molecule has 2 aromatic heterocycles. The Hall–Kier alpha value is -3.07. The smallest absolute Gasteiger partial charge is 0.154 e. The van der Waals surface area contributed by atoms with E-state index in [1.807, 2.05) is 47.8 Å². The fraction of sp³-hybridized carbons (Fsp3) is 0.235. The van der Waals surface area contributed by atoms with Crippen molar-refractivity contribution in [2.75, 3.05) is 17.7 Å². The molecule has 0 aliphatic carbocycles. The fourth-order valence-electron chi connectivity index (χ4n) is 2.70. The highest BCUT2D eigenvalue weighted by Gasteiger charge is 2.14. The highest BCUT2D eigenvalue weighted by atomic mass is 15.2. The van der Waals surface area contributed by atoms with Gasteiger partial charge in [-0.3, -0.25) is 0 Å². The quantitative estimate of drug-likeness (QED) is 0.804. The van der Waals surface area contributed by atoms with Crippen molar-refractivity contribution < 1.29 is 0 Å². The summed E-state index contributed by atoms with van der Waals surface area (Å²) in [7, 11) is 3.88. The van der Waals surface area contributed by atoms with Gasteiger partial charge in [0, 0.05) is 25.8 Å². The van der Waals surface area contributed by atoms with Gasteiger partial charge in [0.15, 0.2) is 5.82 Å². The number of hydrogen-bond donors (Lipinski definition) is 1. The number of imidazole rings is 1. The van der Waals surface area contributed by atoms with Gasteiger partial charge in [0.1, 0.15) is 11.3 Å². The zero-order valence-corrected chi connectivity index (χ0v) is 13.4. The molecule has 2 heterocycles. The monoisotopic (exact) mass is 306 g/mol. The standard InChI is InChI=1S/C17H18N6/c1-4-12-7-11(9-18)5-6-13(12)23(3)15-8-14-16(17(19)21-15)20-10-22(14)2/h5-8,10H,4H2,1-3H3,(H2,19,21). The molecule has 0 bridgehead atoms. The minimum Gasteiger partial charge on any atom is -0.382 e. The summed E-state index contributed by atoms with van der Waals surface area (Å²) in [5.41, 5.74) is 10.5. The predicted molar refractivity (Wildman–Crippen MR) is 91.5 cm³/mol. The lowest BCUT2D eigenvalue weighted by Crippen LogP contribution is -2.14. The topological polar surface area (TPSA) is 83.8 Å². The number of anilines is 3. The maximum Gasteiger partial charge on any atom is 0.154 e. The van der Waals surface area contributed by atoms with Gasteiger partial charge in [-0.1, -0.05) is 6.92 Å². The highest BCUT2D eigenvalue weighted by Crippen LogP contribution is 2.30. The molecular weight excluding hydrogens is 288 g/mol. The third-order valence-electron chi connectivity index (χ3n) is 4.02. The van der Waals surface area contributed by atoms with Crippen LogP contribution >= 0.6 is 0 Å². The van der Waals surface area contributed by atoms with E-state index in [2.05, 4.69) is 23.0 Å². The van der Waals surface area contributed by atoms with Gasteiger partial charge in [-0.2, -0.15) is 5.26 Å². The average molecular weight is 306 g/mol. The van der Waals surface area contributed by atoms with Crippen molar-refractivity contribution in [3.05, 3.63) is 41.7 Å². The van der Waals surface area contributed by atoms with Crippen LogP contribution in [0.15, 0.2) is 30.6 Å². The molecule has 0 spiro atoms. The maximum absolute atomic E-state index is 9.06. The Balaban J connectivity index is 2.12.